The summed E-state index contributed by atoms with van der Waals surface area (Å²) in [5.74, 6) is -0.704. The average Bonchev–Trinajstić information content (AvgIpc) is 2.69. The molecular formula is C22H35FN2O5. The maximum Gasteiger partial charge on any atom is 0.254 e. The molecule has 8 heteroatoms. The second kappa shape index (κ2) is 11.7. The highest BCUT2D eigenvalue weighted by Gasteiger charge is 2.27. The Kier molecular flexibility index (Phi) is 9.64. The van der Waals surface area contributed by atoms with Crippen LogP contribution in [0.2, 0.25) is 0 Å². The van der Waals surface area contributed by atoms with E-state index in [2.05, 4.69) is 4.90 Å². The first kappa shape index (κ1) is 24.7. The van der Waals surface area contributed by atoms with Crippen LogP contribution in [0.3, 0.4) is 0 Å². The number of amides is 1. The second-order valence-electron chi connectivity index (χ2n) is 8.58. The van der Waals surface area contributed by atoms with Crippen LogP contribution in [0.1, 0.15) is 31.1 Å². The first-order valence-corrected chi connectivity index (χ1v) is 10.4. The van der Waals surface area contributed by atoms with Crippen molar-refractivity contribution in [1.29, 1.82) is 0 Å². The largest absolute Gasteiger partial charge is 0.389 e. The lowest BCUT2D eigenvalue weighted by Crippen LogP contribution is -2.51. The van der Waals surface area contributed by atoms with Gasteiger partial charge in [0.25, 0.3) is 5.91 Å². The number of benzene rings is 1. The number of β-amino-alcohol motifs (C(OH)–C–C–N with tert-alkyl or cyclic N) is 1. The predicted octanol–water partition coefficient (Wildman–Crippen LogP) is 1.79. The molecule has 0 aromatic heterocycles. The summed E-state index contributed by atoms with van der Waals surface area (Å²) in [5.41, 5.74) is 0.00159. The summed E-state index contributed by atoms with van der Waals surface area (Å²) >= 11 is 0. The Morgan fingerprint density at radius 3 is 2.87 bits per heavy atom. The van der Waals surface area contributed by atoms with Gasteiger partial charge in [-0.25, -0.2) is 4.39 Å². The van der Waals surface area contributed by atoms with E-state index in [-0.39, 0.29) is 24.2 Å². The lowest BCUT2D eigenvalue weighted by molar-refractivity contribution is -0.0784. The summed E-state index contributed by atoms with van der Waals surface area (Å²) in [7, 11) is 1.57. The van der Waals surface area contributed by atoms with Crippen LogP contribution in [0.4, 0.5) is 4.39 Å². The fourth-order valence-corrected chi connectivity index (χ4v) is 3.28. The molecule has 1 N–H and O–H groups in total. The van der Waals surface area contributed by atoms with Crippen molar-refractivity contribution in [3.05, 3.63) is 35.6 Å². The number of ether oxygens (including phenoxy) is 3. The molecule has 2 atom stereocenters. The Hall–Kier alpha value is -1.58. The monoisotopic (exact) mass is 426 g/mol. The lowest BCUT2D eigenvalue weighted by atomic mass is 10.1. The summed E-state index contributed by atoms with van der Waals surface area (Å²) in [4.78, 5) is 16.6. The smallest absolute Gasteiger partial charge is 0.254 e. The molecule has 0 radical (unpaired) electrons. The van der Waals surface area contributed by atoms with Crippen LogP contribution in [-0.2, 0) is 14.2 Å². The number of hydrogen-bond acceptors (Lipinski definition) is 6. The summed E-state index contributed by atoms with van der Waals surface area (Å²) in [5, 5.41) is 10.3. The highest BCUT2D eigenvalue weighted by Crippen LogP contribution is 2.13. The molecule has 0 bridgehead atoms. The minimum absolute atomic E-state index is 0.205. The summed E-state index contributed by atoms with van der Waals surface area (Å²) < 4.78 is 30.2. The topological polar surface area (TPSA) is 71.5 Å². The van der Waals surface area contributed by atoms with Gasteiger partial charge in [0.2, 0.25) is 0 Å². The molecule has 1 amide bonds. The second-order valence-corrected chi connectivity index (χ2v) is 8.58. The van der Waals surface area contributed by atoms with Gasteiger partial charge in [-0.15, -0.1) is 0 Å². The highest BCUT2D eigenvalue weighted by molar-refractivity contribution is 5.94. The van der Waals surface area contributed by atoms with E-state index < -0.39 is 11.9 Å². The Bertz CT molecular complexity index is 667. The number of methoxy groups -OCH3 is 1. The highest BCUT2D eigenvalue weighted by atomic mass is 19.1. The van der Waals surface area contributed by atoms with Crippen LogP contribution >= 0.6 is 0 Å². The number of carbonyl (C=O) groups is 1. The normalized spacial score (nSPS) is 18.9. The standard InChI is InChI=1S/C22H35FN2O5/c1-22(2,3)30-16-19(26)13-24-8-11-29-20(14-24)15-25(9-10-28-4)21(27)17-6-5-7-18(23)12-17/h5-7,12,19-20,26H,8-11,13-16H2,1-4H3/t19-,20-/m1/s1. The van der Waals surface area contributed by atoms with Crippen LogP contribution in [-0.4, -0.2) is 98.3 Å². The van der Waals surface area contributed by atoms with Crippen molar-refractivity contribution < 1.29 is 28.5 Å². The van der Waals surface area contributed by atoms with Gasteiger partial charge >= 0.3 is 0 Å². The number of hydrogen-bond donors (Lipinski definition) is 1. The molecule has 0 unspecified atom stereocenters. The van der Waals surface area contributed by atoms with E-state index in [4.69, 9.17) is 14.2 Å². The van der Waals surface area contributed by atoms with Crippen molar-refractivity contribution >= 4 is 5.91 Å². The van der Waals surface area contributed by atoms with E-state index in [1.807, 2.05) is 20.8 Å². The van der Waals surface area contributed by atoms with Gasteiger partial charge in [0.05, 0.1) is 37.6 Å². The molecular weight excluding hydrogens is 391 g/mol. The van der Waals surface area contributed by atoms with Gasteiger partial charge in [-0.3, -0.25) is 9.69 Å². The Morgan fingerprint density at radius 1 is 1.43 bits per heavy atom. The molecule has 1 aromatic rings. The van der Waals surface area contributed by atoms with Crippen LogP contribution in [0.5, 0.6) is 0 Å². The van der Waals surface area contributed by atoms with Crippen molar-refractivity contribution in [2.24, 2.45) is 0 Å². The summed E-state index contributed by atoms with van der Waals surface area (Å²) in [6.45, 7) is 9.54. The third-order valence-corrected chi connectivity index (χ3v) is 4.75. The van der Waals surface area contributed by atoms with E-state index in [9.17, 15) is 14.3 Å². The molecule has 0 saturated carbocycles. The molecule has 1 heterocycles. The molecule has 2 rings (SSSR count). The van der Waals surface area contributed by atoms with Crippen molar-refractivity contribution in [3.63, 3.8) is 0 Å². The zero-order chi connectivity index (χ0) is 22.1. The zero-order valence-electron chi connectivity index (χ0n) is 18.5. The predicted molar refractivity (Wildman–Crippen MR) is 112 cm³/mol. The molecule has 1 aromatic carbocycles. The van der Waals surface area contributed by atoms with Crippen molar-refractivity contribution in [1.82, 2.24) is 9.80 Å². The third-order valence-electron chi connectivity index (χ3n) is 4.75. The van der Waals surface area contributed by atoms with Crippen LogP contribution < -0.4 is 0 Å². The Morgan fingerprint density at radius 2 is 2.20 bits per heavy atom. The van der Waals surface area contributed by atoms with Crippen molar-refractivity contribution in [3.8, 4) is 0 Å². The zero-order valence-corrected chi connectivity index (χ0v) is 18.5. The minimum Gasteiger partial charge on any atom is -0.389 e. The number of nitrogens with zero attached hydrogens (tertiary/aromatic N) is 2. The fraction of sp³-hybridized carbons (Fsp3) is 0.682. The van der Waals surface area contributed by atoms with Crippen molar-refractivity contribution in [2.45, 2.75) is 38.6 Å². The molecule has 1 fully saturated rings. The Labute approximate surface area is 178 Å². The van der Waals surface area contributed by atoms with Gasteiger partial charge < -0.3 is 24.2 Å². The van der Waals surface area contributed by atoms with E-state index in [1.165, 1.54) is 18.2 Å². The molecule has 170 valence electrons. The fourth-order valence-electron chi connectivity index (χ4n) is 3.28. The third kappa shape index (κ3) is 8.65. The number of aliphatic hydroxyl groups is 1. The molecule has 0 aliphatic carbocycles. The van der Waals surface area contributed by atoms with E-state index in [0.717, 1.165) is 0 Å². The SMILES string of the molecule is COCCN(C[C@H]1CN(C[C@@H](O)COC(C)(C)C)CCO1)C(=O)c1cccc(F)c1. The maximum absolute atomic E-state index is 13.5. The molecule has 0 spiro atoms. The molecule has 7 nitrogen and oxygen atoms in total. The first-order valence-electron chi connectivity index (χ1n) is 10.4. The van der Waals surface area contributed by atoms with Gasteiger partial charge in [-0.2, -0.15) is 0 Å². The van der Waals surface area contributed by atoms with Gasteiger partial charge in [0.1, 0.15) is 5.82 Å². The van der Waals surface area contributed by atoms with Crippen LogP contribution in [0, 0.1) is 5.82 Å². The van der Waals surface area contributed by atoms with Crippen LogP contribution in [0.15, 0.2) is 24.3 Å². The quantitative estimate of drug-likeness (QED) is 0.615. The van der Waals surface area contributed by atoms with Crippen LogP contribution in [0.25, 0.3) is 0 Å². The number of halogens is 1. The molecule has 1 saturated heterocycles. The number of rotatable bonds is 10. The average molecular weight is 427 g/mol. The van der Waals surface area contributed by atoms with Gasteiger partial charge in [0, 0.05) is 45.4 Å². The molecule has 1 aliphatic rings. The number of aliphatic hydroxyl groups excluding tert-OH is 1. The minimum atomic E-state index is -0.596. The lowest BCUT2D eigenvalue weighted by Gasteiger charge is -2.36. The van der Waals surface area contributed by atoms with Crippen molar-refractivity contribution in [2.75, 3.05) is 59.7 Å². The summed E-state index contributed by atoms with van der Waals surface area (Å²) in [6.07, 6.45) is -0.801. The number of carbonyl (C=O) groups excluding carboxylic acids is 1. The van der Waals surface area contributed by atoms with E-state index >= 15 is 0 Å². The Balaban J connectivity index is 1.94. The van der Waals surface area contributed by atoms with Gasteiger partial charge in [-0.1, -0.05) is 6.07 Å². The number of morpholine rings is 1. The van der Waals surface area contributed by atoms with Gasteiger partial charge in [0.15, 0.2) is 0 Å². The van der Waals surface area contributed by atoms with E-state index in [1.54, 1.807) is 18.1 Å². The molecule has 30 heavy (non-hydrogen) atoms. The molecule has 1 aliphatic heterocycles. The summed E-state index contributed by atoms with van der Waals surface area (Å²) in [6, 6.07) is 5.68. The van der Waals surface area contributed by atoms with Gasteiger partial charge in [-0.05, 0) is 39.0 Å². The first-order chi connectivity index (χ1) is 14.2. The maximum atomic E-state index is 13.5. The van der Waals surface area contributed by atoms with E-state index in [0.29, 0.717) is 51.5 Å².